The van der Waals surface area contributed by atoms with E-state index in [-0.39, 0.29) is 11.4 Å². The highest BCUT2D eigenvalue weighted by Gasteiger charge is 2.34. The zero-order valence-corrected chi connectivity index (χ0v) is 13.2. The number of halogens is 2. The summed E-state index contributed by atoms with van der Waals surface area (Å²) in [5, 5.41) is 11.0. The van der Waals surface area contributed by atoms with Gasteiger partial charge in [0.05, 0.1) is 22.3 Å². The maximum Gasteiger partial charge on any atom is 0.165 e. The molecule has 104 valence electrons. The summed E-state index contributed by atoms with van der Waals surface area (Å²) in [6.45, 7) is 5.86. The van der Waals surface area contributed by atoms with Crippen LogP contribution in [0.5, 0.6) is 0 Å². The Morgan fingerprint density at radius 1 is 1.42 bits per heavy atom. The number of benzene rings is 1. The molecule has 3 nitrogen and oxygen atoms in total. The Hall–Kier alpha value is -0.420. The van der Waals surface area contributed by atoms with E-state index in [4.69, 9.17) is 28.3 Å². The average Bonchev–Trinajstić information content (AvgIpc) is 2.60. The lowest BCUT2D eigenvalue weighted by atomic mass is 10.2. The summed E-state index contributed by atoms with van der Waals surface area (Å²) in [6, 6.07) is 5.41. The molecule has 0 unspecified atom stereocenters. The Morgan fingerprint density at radius 3 is 2.84 bits per heavy atom. The molecule has 19 heavy (non-hydrogen) atoms. The average molecular weight is 319 g/mol. The molecule has 0 aromatic heterocycles. The molecule has 0 spiro atoms. The van der Waals surface area contributed by atoms with Crippen LogP contribution >= 0.6 is 35.0 Å². The first-order chi connectivity index (χ1) is 8.93. The molecule has 6 heteroatoms. The third kappa shape index (κ3) is 3.57. The second kappa shape index (κ2) is 5.92. The molecule has 0 bridgehead atoms. The molecule has 0 atom stereocenters. The molecule has 2 rings (SSSR count). The topological polar surface area (TPSA) is 35.8 Å². The molecule has 1 aliphatic rings. The van der Waals surface area contributed by atoms with Crippen molar-refractivity contribution in [2.45, 2.75) is 18.6 Å². The first-order valence-corrected chi connectivity index (χ1v) is 7.58. The summed E-state index contributed by atoms with van der Waals surface area (Å²) in [7, 11) is 0. The van der Waals surface area contributed by atoms with Crippen LogP contribution in [0.4, 0.5) is 5.69 Å². The Kier molecular flexibility index (Phi) is 4.66. The van der Waals surface area contributed by atoms with Crippen molar-refractivity contribution in [3.8, 4) is 0 Å². The number of hydrogen-bond donors (Lipinski definition) is 1. The van der Waals surface area contributed by atoms with E-state index in [0.29, 0.717) is 22.3 Å². The van der Waals surface area contributed by atoms with Gasteiger partial charge in [0.15, 0.2) is 5.17 Å². The van der Waals surface area contributed by atoms with E-state index in [2.05, 4.69) is 23.7 Å². The Labute approximate surface area is 127 Å². The predicted octanol–water partition coefficient (Wildman–Crippen LogP) is 3.80. The van der Waals surface area contributed by atoms with Crippen LogP contribution < -0.4 is 0 Å². The van der Waals surface area contributed by atoms with Crippen LogP contribution in [0.3, 0.4) is 0 Å². The molecule has 1 heterocycles. The highest BCUT2D eigenvalue weighted by atomic mass is 35.5. The van der Waals surface area contributed by atoms with Gasteiger partial charge in [0.25, 0.3) is 0 Å². The summed E-state index contributed by atoms with van der Waals surface area (Å²) in [6.07, 6.45) is 0. The van der Waals surface area contributed by atoms with E-state index in [1.54, 1.807) is 17.8 Å². The van der Waals surface area contributed by atoms with E-state index in [1.165, 1.54) is 0 Å². The van der Waals surface area contributed by atoms with Crippen molar-refractivity contribution in [1.82, 2.24) is 4.90 Å². The Balaban J connectivity index is 2.33. The fourth-order valence-electron chi connectivity index (χ4n) is 1.94. The lowest BCUT2D eigenvalue weighted by molar-refractivity contribution is 0.249. The van der Waals surface area contributed by atoms with Gasteiger partial charge in [-0.1, -0.05) is 41.0 Å². The molecule has 1 aromatic rings. The van der Waals surface area contributed by atoms with Crippen molar-refractivity contribution < 1.29 is 5.11 Å². The van der Waals surface area contributed by atoms with Crippen molar-refractivity contribution in [2.24, 2.45) is 4.99 Å². The van der Waals surface area contributed by atoms with Gasteiger partial charge in [-0.3, -0.25) is 0 Å². The summed E-state index contributed by atoms with van der Waals surface area (Å²) in [4.78, 5) is 6.66. The van der Waals surface area contributed by atoms with Gasteiger partial charge in [-0.05, 0) is 26.0 Å². The zero-order valence-electron chi connectivity index (χ0n) is 10.9. The zero-order chi connectivity index (χ0) is 14.0. The molecular weight excluding hydrogens is 303 g/mol. The van der Waals surface area contributed by atoms with Crippen molar-refractivity contribution in [3.63, 3.8) is 0 Å². The maximum atomic E-state index is 9.13. The van der Waals surface area contributed by atoms with E-state index < -0.39 is 0 Å². The van der Waals surface area contributed by atoms with E-state index in [1.807, 2.05) is 12.1 Å². The second-order valence-electron chi connectivity index (χ2n) is 4.97. The number of β-amino-alcohol motifs (C(OH)–C–C–N with tert-alkyl or cyclic N) is 1. The Morgan fingerprint density at radius 2 is 2.16 bits per heavy atom. The monoisotopic (exact) mass is 318 g/mol. The van der Waals surface area contributed by atoms with Gasteiger partial charge in [-0.25, -0.2) is 4.99 Å². The Bertz CT molecular complexity index is 505. The summed E-state index contributed by atoms with van der Waals surface area (Å²) < 4.78 is 0.0824. The van der Waals surface area contributed by atoms with Crippen LogP contribution in [-0.2, 0) is 0 Å². The minimum Gasteiger partial charge on any atom is -0.395 e. The minimum atomic E-state index is 0.0824. The number of thioether (sulfide) groups is 1. The van der Waals surface area contributed by atoms with Gasteiger partial charge in [-0.15, -0.1) is 0 Å². The third-order valence-electron chi connectivity index (χ3n) is 2.73. The van der Waals surface area contributed by atoms with Crippen molar-refractivity contribution in [3.05, 3.63) is 28.2 Å². The number of nitrogens with zero attached hydrogens (tertiary/aromatic N) is 2. The summed E-state index contributed by atoms with van der Waals surface area (Å²) >= 11 is 13.8. The number of rotatable bonds is 3. The largest absolute Gasteiger partial charge is 0.395 e. The molecule has 1 aliphatic heterocycles. The van der Waals surface area contributed by atoms with Crippen molar-refractivity contribution in [2.75, 3.05) is 19.7 Å². The normalized spacial score (nSPS) is 20.3. The molecule has 0 saturated carbocycles. The number of aliphatic imine (C=N–C) groups is 1. The van der Waals surface area contributed by atoms with E-state index in [9.17, 15) is 0 Å². The minimum absolute atomic E-state index is 0.0824. The molecule has 1 fully saturated rings. The number of aliphatic hydroxyl groups excluding tert-OH is 1. The molecule has 0 radical (unpaired) electrons. The van der Waals surface area contributed by atoms with E-state index >= 15 is 0 Å². The van der Waals surface area contributed by atoms with Crippen molar-refractivity contribution in [1.29, 1.82) is 0 Å². The fraction of sp³-hybridized carbons (Fsp3) is 0.462. The maximum absolute atomic E-state index is 9.13. The molecular formula is C13H16Cl2N2OS. The summed E-state index contributed by atoms with van der Waals surface area (Å²) in [5.74, 6) is 0. The smallest absolute Gasteiger partial charge is 0.165 e. The molecule has 1 saturated heterocycles. The van der Waals surface area contributed by atoms with Crippen LogP contribution in [0.2, 0.25) is 10.0 Å². The van der Waals surface area contributed by atoms with Crippen molar-refractivity contribution >= 4 is 45.8 Å². The van der Waals surface area contributed by atoms with Gasteiger partial charge in [0.2, 0.25) is 0 Å². The van der Waals surface area contributed by atoms with Gasteiger partial charge >= 0.3 is 0 Å². The van der Waals surface area contributed by atoms with Gasteiger partial charge in [-0.2, -0.15) is 0 Å². The fourth-order valence-corrected chi connectivity index (χ4v) is 3.42. The third-order valence-corrected chi connectivity index (χ3v) is 4.75. The van der Waals surface area contributed by atoms with Gasteiger partial charge in [0.1, 0.15) is 0 Å². The van der Waals surface area contributed by atoms with Crippen LogP contribution in [0.1, 0.15) is 13.8 Å². The molecule has 0 aliphatic carbocycles. The van der Waals surface area contributed by atoms with E-state index in [0.717, 1.165) is 11.7 Å². The predicted molar refractivity (Wildman–Crippen MR) is 83.9 cm³/mol. The summed E-state index contributed by atoms with van der Waals surface area (Å²) in [5.41, 5.74) is 0.664. The quantitative estimate of drug-likeness (QED) is 0.920. The lowest BCUT2D eigenvalue weighted by Crippen LogP contribution is -2.31. The van der Waals surface area contributed by atoms with Gasteiger partial charge < -0.3 is 10.0 Å². The number of hydrogen-bond acceptors (Lipinski definition) is 3. The van der Waals surface area contributed by atoms with Crippen LogP contribution in [-0.4, -0.2) is 39.6 Å². The highest BCUT2D eigenvalue weighted by molar-refractivity contribution is 8.15. The standard InChI is InChI=1S/C13H16Cl2N2OS/c1-13(2)8-17(6-7-18)12(19-13)16-10-5-3-4-9(14)11(10)15/h3-5,18H,6-8H2,1-2H3. The molecule has 0 amide bonds. The number of aliphatic hydroxyl groups is 1. The second-order valence-corrected chi connectivity index (χ2v) is 7.43. The van der Waals surface area contributed by atoms with Gasteiger partial charge in [0, 0.05) is 17.8 Å². The van der Waals surface area contributed by atoms with Crippen LogP contribution in [0.25, 0.3) is 0 Å². The molecule has 1 aromatic carbocycles. The van der Waals surface area contributed by atoms with Crippen LogP contribution in [0, 0.1) is 0 Å². The number of amidine groups is 1. The van der Waals surface area contributed by atoms with Crippen LogP contribution in [0.15, 0.2) is 23.2 Å². The lowest BCUT2D eigenvalue weighted by Gasteiger charge is -2.18. The SMILES string of the molecule is CC1(C)CN(CCO)C(=Nc2cccc(Cl)c2Cl)S1. The molecule has 1 N–H and O–H groups in total. The highest BCUT2D eigenvalue weighted by Crippen LogP contribution is 2.39. The first kappa shape index (κ1) is 15.0. The first-order valence-electron chi connectivity index (χ1n) is 6.00.